The van der Waals surface area contributed by atoms with E-state index in [1.54, 1.807) is 0 Å². The fraction of sp³-hybridized carbons (Fsp3) is 1.00. The van der Waals surface area contributed by atoms with Gasteiger partial charge in [-0.25, -0.2) is 0 Å². The van der Waals surface area contributed by atoms with E-state index in [-0.39, 0.29) is 6.23 Å². The van der Waals surface area contributed by atoms with Crippen molar-refractivity contribution >= 4 is 39.2 Å². The van der Waals surface area contributed by atoms with E-state index in [2.05, 4.69) is 4.74 Å². The summed E-state index contributed by atoms with van der Waals surface area (Å²) < 4.78 is 4.57. The summed E-state index contributed by atoms with van der Waals surface area (Å²) in [5.41, 5.74) is 0. The van der Waals surface area contributed by atoms with Crippen LogP contribution in [0, 0.1) is 0 Å². The molecule has 0 spiro atoms. The topological polar surface area (TPSA) is 9.23 Å². The number of ether oxygens (including phenoxy) is 1. The van der Waals surface area contributed by atoms with Crippen molar-refractivity contribution in [2.45, 2.75) is 0 Å². The van der Waals surface area contributed by atoms with Gasteiger partial charge in [-0.3, -0.25) is 0 Å². The van der Waals surface area contributed by atoms with Gasteiger partial charge in [0.15, 0.2) is 0 Å². The molecule has 0 rings (SSSR count). The monoisotopic (exact) mass is 178 g/mol. The molecule has 5 heteroatoms. The standard InChI is InChI=1S/C2H5Cl3OSi/c1-6-2-7(3,4)5/h2H2,1H3. The van der Waals surface area contributed by atoms with Crippen LogP contribution in [0.3, 0.4) is 0 Å². The Bertz CT molecular complexity index is 51.4. The Balaban J connectivity index is 3.15. The van der Waals surface area contributed by atoms with E-state index in [4.69, 9.17) is 33.2 Å². The first-order valence-corrected chi connectivity index (χ1v) is 6.86. The largest absolute Gasteiger partial charge is 0.384 e. The zero-order chi connectivity index (χ0) is 5.91. The highest BCUT2D eigenvalue weighted by molar-refractivity contribution is 7.64. The van der Waals surface area contributed by atoms with Crippen molar-refractivity contribution in [3.05, 3.63) is 0 Å². The SMILES string of the molecule is COC[Si](Cl)(Cl)Cl. The minimum absolute atomic E-state index is 0.275. The summed E-state index contributed by atoms with van der Waals surface area (Å²) >= 11 is 16.1. The molecular formula is C2H5Cl3OSi. The molecule has 0 atom stereocenters. The van der Waals surface area contributed by atoms with Crippen LogP contribution in [0.15, 0.2) is 0 Å². The predicted molar refractivity (Wildman–Crippen MR) is 35.2 cm³/mol. The van der Waals surface area contributed by atoms with Crippen LogP contribution in [0.25, 0.3) is 0 Å². The number of rotatable bonds is 2. The molecule has 0 unspecified atom stereocenters. The third-order valence-electron chi connectivity index (χ3n) is 0.308. The van der Waals surface area contributed by atoms with Crippen LogP contribution >= 0.6 is 33.2 Å². The maximum absolute atomic E-state index is 5.38. The van der Waals surface area contributed by atoms with Gasteiger partial charge in [0.1, 0.15) is 0 Å². The molecule has 7 heavy (non-hydrogen) atoms. The van der Waals surface area contributed by atoms with Crippen molar-refractivity contribution in [2.24, 2.45) is 0 Å². The molecule has 0 radical (unpaired) electrons. The fourth-order valence-corrected chi connectivity index (χ4v) is 1.47. The zero-order valence-corrected chi connectivity index (χ0v) is 7.02. The fourth-order valence-electron chi connectivity index (χ4n) is 0.164. The van der Waals surface area contributed by atoms with E-state index in [0.717, 1.165) is 0 Å². The summed E-state index contributed by atoms with van der Waals surface area (Å²) in [5, 5.41) is 0. The maximum Gasteiger partial charge on any atom is 0.365 e. The van der Waals surface area contributed by atoms with Crippen LogP contribution in [0.5, 0.6) is 0 Å². The van der Waals surface area contributed by atoms with E-state index in [1.807, 2.05) is 0 Å². The lowest BCUT2D eigenvalue weighted by Gasteiger charge is -2.02. The minimum Gasteiger partial charge on any atom is -0.384 e. The Labute approximate surface area is 57.6 Å². The van der Waals surface area contributed by atoms with E-state index in [9.17, 15) is 0 Å². The number of hydrogen-bond acceptors (Lipinski definition) is 1. The van der Waals surface area contributed by atoms with Crippen molar-refractivity contribution in [1.29, 1.82) is 0 Å². The first kappa shape index (κ1) is 8.05. The molecule has 0 aromatic heterocycles. The van der Waals surface area contributed by atoms with Crippen LogP contribution in [0.4, 0.5) is 0 Å². The Morgan fingerprint density at radius 3 is 1.86 bits per heavy atom. The van der Waals surface area contributed by atoms with Crippen LogP contribution in [-0.4, -0.2) is 19.3 Å². The molecule has 0 saturated carbocycles. The molecule has 0 heterocycles. The summed E-state index contributed by atoms with van der Waals surface area (Å²) in [6.07, 6.45) is 0.275. The van der Waals surface area contributed by atoms with Gasteiger partial charge < -0.3 is 4.74 Å². The Morgan fingerprint density at radius 2 is 1.86 bits per heavy atom. The highest BCUT2D eigenvalue weighted by Crippen LogP contribution is 2.18. The molecule has 0 aliphatic carbocycles. The molecule has 0 aliphatic heterocycles. The van der Waals surface area contributed by atoms with Crippen molar-refractivity contribution < 1.29 is 4.74 Å². The first-order valence-electron chi connectivity index (χ1n) is 1.62. The molecule has 1 nitrogen and oxygen atoms in total. The van der Waals surface area contributed by atoms with Gasteiger partial charge in [0, 0.05) is 7.11 Å². The minimum atomic E-state index is -2.46. The molecule has 0 bridgehead atoms. The van der Waals surface area contributed by atoms with Crippen molar-refractivity contribution in [3.63, 3.8) is 0 Å². The third kappa shape index (κ3) is 7.05. The van der Waals surface area contributed by atoms with Crippen LogP contribution in [0.1, 0.15) is 0 Å². The van der Waals surface area contributed by atoms with E-state index in [0.29, 0.717) is 0 Å². The molecule has 0 aromatic carbocycles. The quantitative estimate of drug-likeness (QED) is 0.464. The predicted octanol–water partition coefficient (Wildman–Crippen LogP) is 1.83. The van der Waals surface area contributed by atoms with Crippen molar-refractivity contribution in [1.82, 2.24) is 0 Å². The highest BCUT2D eigenvalue weighted by atomic mass is 35.8. The summed E-state index contributed by atoms with van der Waals surface area (Å²) in [5.74, 6) is 0. The van der Waals surface area contributed by atoms with E-state index < -0.39 is 6.00 Å². The number of halogens is 3. The summed E-state index contributed by atoms with van der Waals surface area (Å²) in [4.78, 5) is 0. The lowest BCUT2D eigenvalue weighted by molar-refractivity contribution is 0.251. The van der Waals surface area contributed by atoms with Gasteiger partial charge in [-0.15, -0.1) is 33.2 Å². The highest BCUT2D eigenvalue weighted by Gasteiger charge is 2.23. The van der Waals surface area contributed by atoms with Crippen molar-refractivity contribution in [2.75, 3.05) is 13.3 Å². The molecule has 0 aromatic rings. The molecule has 44 valence electrons. The number of methoxy groups -OCH3 is 1. The van der Waals surface area contributed by atoms with Gasteiger partial charge in [0.2, 0.25) is 0 Å². The van der Waals surface area contributed by atoms with E-state index >= 15 is 0 Å². The molecule has 0 fully saturated rings. The van der Waals surface area contributed by atoms with Gasteiger partial charge in [-0.1, -0.05) is 0 Å². The van der Waals surface area contributed by atoms with Gasteiger partial charge >= 0.3 is 6.00 Å². The lowest BCUT2D eigenvalue weighted by Crippen LogP contribution is -2.17. The Kier molecular flexibility index (Phi) is 3.62. The van der Waals surface area contributed by atoms with Gasteiger partial charge in [-0.2, -0.15) is 0 Å². The number of hydrogen-bond donors (Lipinski definition) is 0. The second kappa shape index (κ2) is 3.15. The Hall–Kier alpha value is 1.05. The second-order valence-corrected chi connectivity index (χ2v) is 10.1. The molecule has 0 amide bonds. The maximum atomic E-state index is 5.38. The zero-order valence-electron chi connectivity index (χ0n) is 3.75. The molecule has 0 N–H and O–H groups in total. The average Bonchev–Trinajstić information content (AvgIpc) is 1.30. The smallest absolute Gasteiger partial charge is 0.365 e. The van der Waals surface area contributed by atoms with Crippen LogP contribution < -0.4 is 0 Å². The Morgan fingerprint density at radius 1 is 1.43 bits per heavy atom. The molecule has 0 saturated heterocycles. The summed E-state index contributed by atoms with van der Waals surface area (Å²) in [6, 6.07) is -2.46. The summed E-state index contributed by atoms with van der Waals surface area (Å²) in [6.45, 7) is 0. The average molecular weight is 180 g/mol. The van der Waals surface area contributed by atoms with E-state index in [1.165, 1.54) is 7.11 Å². The van der Waals surface area contributed by atoms with Crippen molar-refractivity contribution in [3.8, 4) is 0 Å². The van der Waals surface area contributed by atoms with Crippen LogP contribution in [0.2, 0.25) is 0 Å². The van der Waals surface area contributed by atoms with Gasteiger partial charge in [-0.05, 0) is 0 Å². The first-order chi connectivity index (χ1) is 3.06. The lowest BCUT2D eigenvalue weighted by atomic mass is 11.5. The normalized spacial score (nSPS) is 12.0. The third-order valence-corrected chi connectivity index (χ3v) is 1.91. The molecule has 0 aliphatic rings. The van der Waals surface area contributed by atoms with Crippen LogP contribution in [-0.2, 0) is 4.74 Å². The van der Waals surface area contributed by atoms with Gasteiger partial charge in [0.05, 0.1) is 6.23 Å². The second-order valence-electron chi connectivity index (χ2n) is 1.05. The van der Waals surface area contributed by atoms with Gasteiger partial charge in [0.25, 0.3) is 0 Å². The summed E-state index contributed by atoms with van der Waals surface area (Å²) in [7, 11) is 1.51. The molecular weight excluding hydrogens is 174 g/mol.